The zero-order chi connectivity index (χ0) is 15.6. The van der Waals surface area contributed by atoms with Gasteiger partial charge in [0.2, 0.25) is 0 Å². The van der Waals surface area contributed by atoms with Gasteiger partial charge in [0.05, 0.1) is 10.7 Å². The van der Waals surface area contributed by atoms with Crippen LogP contribution in [0, 0.1) is 15.4 Å². The van der Waals surface area contributed by atoms with Crippen LogP contribution in [0.2, 0.25) is 5.02 Å². The fraction of sp³-hybridized carbons (Fsp3) is 0.647. The van der Waals surface area contributed by atoms with Gasteiger partial charge in [0, 0.05) is 28.7 Å². The summed E-state index contributed by atoms with van der Waals surface area (Å²) in [6, 6.07) is 7.44. The number of halogens is 2. The summed E-state index contributed by atoms with van der Waals surface area (Å²) in [7, 11) is 0. The molecule has 2 rings (SSSR count). The van der Waals surface area contributed by atoms with Gasteiger partial charge in [-0.3, -0.25) is 0 Å². The second-order valence-electron chi connectivity index (χ2n) is 6.46. The van der Waals surface area contributed by atoms with E-state index in [4.69, 9.17) is 11.6 Å². The van der Waals surface area contributed by atoms with Crippen LogP contribution in [0.15, 0.2) is 18.2 Å². The lowest BCUT2D eigenvalue weighted by molar-refractivity contribution is 0.281. The summed E-state index contributed by atoms with van der Waals surface area (Å²) in [6.45, 7) is 11.3. The van der Waals surface area contributed by atoms with E-state index < -0.39 is 0 Å². The maximum atomic E-state index is 6.53. The molecule has 0 spiro atoms. The molecule has 0 saturated carbocycles. The van der Waals surface area contributed by atoms with Gasteiger partial charge in [-0.25, -0.2) is 0 Å². The highest BCUT2D eigenvalue weighted by Gasteiger charge is 2.32. The molecule has 3 atom stereocenters. The van der Waals surface area contributed by atoms with E-state index in [1.54, 1.807) is 0 Å². The molecule has 0 radical (unpaired) electrons. The fourth-order valence-corrected chi connectivity index (χ4v) is 4.01. The lowest BCUT2D eigenvalue weighted by Crippen LogP contribution is -2.60. The predicted molar refractivity (Wildman–Crippen MR) is 101 cm³/mol. The third-order valence-corrected chi connectivity index (χ3v) is 5.68. The van der Waals surface area contributed by atoms with Crippen molar-refractivity contribution in [3.63, 3.8) is 0 Å². The third-order valence-electron chi connectivity index (χ3n) is 4.70. The first-order valence-electron chi connectivity index (χ1n) is 7.89. The standard InChI is InChI=1S/C17H26ClIN2/c1-5-12(4)15-10-21(17(9-20-15)11(2)3)16-7-6-13(19)8-14(16)18/h6-8,11-12,15,17,20H,5,9-10H2,1-4H3. The highest BCUT2D eigenvalue weighted by Crippen LogP contribution is 2.32. The number of benzene rings is 1. The third kappa shape index (κ3) is 4.05. The molecule has 0 aliphatic carbocycles. The molecule has 1 saturated heterocycles. The van der Waals surface area contributed by atoms with E-state index >= 15 is 0 Å². The summed E-state index contributed by atoms with van der Waals surface area (Å²) < 4.78 is 1.19. The highest BCUT2D eigenvalue weighted by molar-refractivity contribution is 14.1. The zero-order valence-electron chi connectivity index (χ0n) is 13.4. The van der Waals surface area contributed by atoms with Gasteiger partial charge >= 0.3 is 0 Å². The summed E-state index contributed by atoms with van der Waals surface area (Å²) in [5.41, 5.74) is 1.19. The van der Waals surface area contributed by atoms with Crippen molar-refractivity contribution < 1.29 is 0 Å². The molecular formula is C17H26ClIN2. The summed E-state index contributed by atoms with van der Waals surface area (Å²) in [6.07, 6.45) is 1.21. The minimum absolute atomic E-state index is 0.503. The van der Waals surface area contributed by atoms with Gasteiger partial charge in [0.25, 0.3) is 0 Å². The second kappa shape index (κ2) is 7.51. The predicted octanol–water partition coefficient (Wildman–Crippen LogP) is 4.79. The maximum Gasteiger partial charge on any atom is 0.0650 e. The molecule has 1 aromatic carbocycles. The Morgan fingerprint density at radius 2 is 2.10 bits per heavy atom. The van der Waals surface area contributed by atoms with Crippen LogP contribution in [-0.4, -0.2) is 25.2 Å². The number of rotatable bonds is 4. The van der Waals surface area contributed by atoms with Crippen LogP contribution in [-0.2, 0) is 0 Å². The van der Waals surface area contributed by atoms with E-state index in [0.717, 1.165) is 18.1 Å². The van der Waals surface area contributed by atoms with Crippen molar-refractivity contribution in [3.8, 4) is 0 Å². The van der Waals surface area contributed by atoms with Gasteiger partial charge < -0.3 is 10.2 Å². The van der Waals surface area contributed by atoms with Crippen LogP contribution < -0.4 is 10.2 Å². The average molecular weight is 421 g/mol. The van der Waals surface area contributed by atoms with Gasteiger partial charge in [0.1, 0.15) is 0 Å². The molecule has 118 valence electrons. The van der Waals surface area contributed by atoms with E-state index in [1.807, 2.05) is 0 Å². The number of anilines is 1. The number of hydrogen-bond acceptors (Lipinski definition) is 2. The van der Waals surface area contributed by atoms with Crippen molar-refractivity contribution >= 4 is 39.9 Å². The second-order valence-corrected chi connectivity index (χ2v) is 8.11. The van der Waals surface area contributed by atoms with Crippen LogP contribution in [0.25, 0.3) is 0 Å². The van der Waals surface area contributed by atoms with Crippen LogP contribution >= 0.6 is 34.2 Å². The quantitative estimate of drug-likeness (QED) is 0.704. The first-order chi connectivity index (χ1) is 9.93. The van der Waals surface area contributed by atoms with E-state index in [2.05, 4.69) is 78.7 Å². The minimum Gasteiger partial charge on any atom is -0.364 e. The van der Waals surface area contributed by atoms with Gasteiger partial charge in [-0.05, 0) is 52.6 Å². The van der Waals surface area contributed by atoms with Crippen molar-refractivity contribution in [2.45, 2.75) is 46.2 Å². The Kier molecular flexibility index (Phi) is 6.21. The van der Waals surface area contributed by atoms with Crippen molar-refractivity contribution in [2.24, 2.45) is 11.8 Å². The number of nitrogens with zero attached hydrogens (tertiary/aromatic N) is 1. The van der Waals surface area contributed by atoms with Crippen molar-refractivity contribution in [3.05, 3.63) is 26.8 Å². The Bertz CT molecular complexity index is 478. The Morgan fingerprint density at radius 3 is 2.67 bits per heavy atom. The monoisotopic (exact) mass is 420 g/mol. The number of nitrogens with one attached hydrogen (secondary N) is 1. The summed E-state index contributed by atoms with van der Waals surface area (Å²) >= 11 is 8.84. The minimum atomic E-state index is 0.503. The molecule has 0 bridgehead atoms. The van der Waals surface area contributed by atoms with Crippen LogP contribution in [0.3, 0.4) is 0 Å². The van der Waals surface area contributed by atoms with Gasteiger partial charge in [0.15, 0.2) is 0 Å². The average Bonchev–Trinajstić information content (AvgIpc) is 2.45. The Balaban J connectivity index is 2.29. The normalized spacial score (nSPS) is 24.4. The lowest BCUT2D eigenvalue weighted by atomic mass is 9.91. The molecular weight excluding hydrogens is 395 g/mol. The largest absolute Gasteiger partial charge is 0.364 e. The van der Waals surface area contributed by atoms with Gasteiger partial charge in [-0.15, -0.1) is 0 Å². The van der Waals surface area contributed by atoms with E-state index in [1.165, 1.54) is 15.7 Å². The highest BCUT2D eigenvalue weighted by atomic mass is 127. The smallest absolute Gasteiger partial charge is 0.0650 e. The first kappa shape index (κ1) is 17.4. The molecule has 1 aliphatic heterocycles. The summed E-state index contributed by atoms with van der Waals surface area (Å²) in [4.78, 5) is 2.52. The van der Waals surface area contributed by atoms with Crippen molar-refractivity contribution in [2.75, 3.05) is 18.0 Å². The number of hydrogen-bond donors (Lipinski definition) is 1. The molecule has 1 heterocycles. The van der Waals surface area contributed by atoms with Crippen molar-refractivity contribution in [1.82, 2.24) is 5.32 Å². The molecule has 1 aliphatic rings. The maximum absolute atomic E-state index is 6.53. The molecule has 1 N–H and O–H groups in total. The SMILES string of the molecule is CCC(C)C1CN(c2ccc(I)cc2Cl)C(C(C)C)CN1. The van der Waals surface area contributed by atoms with Gasteiger partial charge in [-0.1, -0.05) is 45.7 Å². The fourth-order valence-electron chi connectivity index (χ4n) is 3.05. The van der Waals surface area contributed by atoms with Crippen LogP contribution in [0.4, 0.5) is 5.69 Å². The molecule has 0 amide bonds. The topological polar surface area (TPSA) is 15.3 Å². The molecule has 2 nitrogen and oxygen atoms in total. The molecule has 4 heteroatoms. The number of piperazine rings is 1. The molecule has 1 fully saturated rings. The van der Waals surface area contributed by atoms with Crippen LogP contribution in [0.1, 0.15) is 34.1 Å². The van der Waals surface area contributed by atoms with Gasteiger partial charge in [-0.2, -0.15) is 0 Å². The van der Waals surface area contributed by atoms with E-state index in [9.17, 15) is 0 Å². The molecule has 1 aromatic rings. The summed E-state index contributed by atoms with van der Waals surface area (Å²) in [5, 5.41) is 4.62. The van der Waals surface area contributed by atoms with E-state index in [0.29, 0.717) is 23.9 Å². The Labute approximate surface area is 147 Å². The molecule has 3 unspecified atom stereocenters. The molecule has 21 heavy (non-hydrogen) atoms. The Morgan fingerprint density at radius 1 is 1.38 bits per heavy atom. The van der Waals surface area contributed by atoms with E-state index in [-0.39, 0.29) is 0 Å². The Hall–Kier alpha value is -0.000000000000000132. The molecule has 0 aromatic heterocycles. The van der Waals surface area contributed by atoms with Crippen molar-refractivity contribution in [1.29, 1.82) is 0 Å². The summed E-state index contributed by atoms with van der Waals surface area (Å²) in [5.74, 6) is 1.29. The zero-order valence-corrected chi connectivity index (χ0v) is 16.3. The first-order valence-corrected chi connectivity index (χ1v) is 9.34. The van der Waals surface area contributed by atoms with Crippen LogP contribution in [0.5, 0.6) is 0 Å². The lowest BCUT2D eigenvalue weighted by Gasteiger charge is -2.45.